The molecule has 3 aliphatic rings. The van der Waals surface area contributed by atoms with Gasteiger partial charge in [-0.3, -0.25) is 19.1 Å². The molecule has 2 saturated heterocycles. The van der Waals surface area contributed by atoms with Crippen LogP contribution in [-0.4, -0.2) is 92.5 Å². The molecule has 5 atom stereocenters. The third-order valence-electron chi connectivity index (χ3n) is 11.6. The van der Waals surface area contributed by atoms with Crippen LogP contribution in [0.2, 0.25) is 18.6 Å². The first-order valence-electron chi connectivity index (χ1n) is 18.9. The Hall–Kier alpha value is -4.11. The Morgan fingerprint density at radius 1 is 1.13 bits per heavy atom. The highest BCUT2D eigenvalue weighted by molar-refractivity contribution is 6.91. The number of benzene rings is 2. The van der Waals surface area contributed by atoms with Crippen molar-refractivity contribution >= 4 is 42.4 Å². The highest BCUT2D eigenvalue weighted by atomic mass is 28.3. The molecule has 3 N–H and O–H groups in total. The molecule has 14 heteroatoms. The van der Waals surface area contributed by atoms with Crippen molar-refractivity contribution in [3.8, 4) is 5.75 Å². The highest BCUT2D eigenvalue weighted by Crippen LogP contribution is 2.60. The first-order valence-corrected chi connectivity index (χ1v) is 22.0. The largest absolute Gasteiger partial charge is 0.497 e. The minimum absolute atomic E-state index is 0.00507. The van der Waals surface area contributed by atoms with Gasteiger partial charge in [0, 0.05) is 62.4 Å². The first kappa shape index (κ1) is 38.6. The normalized spacial score (nSPS) is 24.0. The van der Waals surface area contributed by atoms with Crippen LogP contribution in [0.15, 0.2) is 48.7 Å². The van der Waals surface area contributed by atoms with Crippen LogP contribution in [0.3, 0.4) is 0 Å². The lowest BCUT2D eigenvalue weighted by Crippen LogP contribution is -2.52. The fourth-order valence-corrected chi connectivity index (χ4v) is 12.8. The first-order chi connectivity index (χ1) is 25.5. The zero-order valence-electron chi connectivity index (χ0n) is 31.6. The topological polar surface area (TPSA) is 157 Å². The zero-order chi connectivity index (χ0) is 37.8. The third kappa shape index (κ3) is 7.77. The van der Waals surface area contributed by atoms with Crippen molar-refractivity contribution in [3.05, 3.63) is 59.9 Å². The maximum atomic E-state index is 15.1. The van der Waals surface area contributed by atoms with E-state index < -0.39 is 13.7 Å². The molecule has 286 valence electrons. The Balaban J connectivity index is 1.38. The van der Waals surface area contributed by atoms with Crippen LogP contribution in [0.5, 0.6) is 5.75 Å². The van der Waals surface area contributed by atoms with E-state index in [1.807, 2.05) is 41.4 Å². The Kier molecular flexibility index (Phi) is 12.0. The van der Waals surface area contributed by atoms with Crippen molar-refractivity contribution in [3.63, 3.8) is 0 Å². The number of methoxy groups -OCH3 is 2. The van der Waals surface area contributed by atoms with E-state index in [1.54, 1.807) is 11.8 Å². The number of aliphatic hydroxyl groups excluding tert-OH is 1. The van der Waals surface area contributed by atoms with E-state index >= 15 is 4.79 Å². The third-order valence-corrected chi connectivity index (χ3v) is 16.0. The molecule has 1 unspecified atom stereocenters. The van der Waals surface area contributed by atoms with Crippen LogP contribution in [0.25, 0.3) is 0 Å². The molecule has 1 aromatic heterocycles. The number of aryl methyl sites for hydroxylation is 1. The highest BCUT2D eigenvalue weighted by Gasteiger charge is 2.66. The van der Waals surface area contributed by atoms with Crippen LogP contribution < -0.4 is 25.5 Å². The molecular formula is C39H54N6O7Si. The minimum Gasteiger partial charge on any atom is -0.497 e. The van der Waals surface area contributed by atoms with Crippen molar-refractivity contribution in [2.75, 3.05) is 50.7 Å². The van der Waals surface area contributed by atoms with Crippen LogP contribution >= 0.6 is 0 Å². The average Bonchev–Trinajstić information content (AvgIpc) is 3.82. The van der Waals surface area contributed by atoms with Crippen molar-refractivity contribution < 1.29 is 33.7 Å². The second-order valence-electron chi connectivity index (χ2n) is 15.1. The van der Waals surface area contributed by atoms with Gasteiger partial charge in [-0.15, -0.1) is 5.10 Å². The van der Waals surface area contributed by atoms with E-state index in [9.17, 15) is 14.7 Å². The van der Waals surface area contributed by atoms with Crippen LogP contribution in [0.1, 0.15) is 56.7 Å². The molecular weight excluding hydrogens is 693 g/mol. The summed E-state index contributed by atoms with van der Waals surface area (Å²) < 4.78 is 19.4. The van der Waals surface area contributed by atoms with E-state index in [-0.39, 0.29) is 54.3 Å². The van der Waals surface area contributed by atoms with Gasteiger partial charge in [-0.05, 0) is 74.5 Å². The summed E-state index contributed by atoms with van der Waals surface area (Å²) in [6.45, 7) is 9.34. The minimum atomic E-state index is -2.39. The number of anilines is 2. The van der Waals surface area contributed by atoms with E-state index in [4.69, 9.17) is 14.2 Å². The summed E-state index contributed by atoms with van der Waals surface area (Å²) in [4.78, 5) is 42.2. The van der Waals surface area contributed by atoms with Gasteiger partial charge in [-0.1, -0.05) is 42.6 Å². The number of nitrogens with one attached hydrogen (secondary N) is 2. The maximum Gasteiger partial charge on any atom is 0.305 e. The molecule has 2 aromatic carbocycles. The molecule has 0 saturated carbocycles. The van der Waals surface area contributed by atoms with Gasteiger partial charge < -0.3 is 34.9 Å². The maximum absolute atomic E-state index is 15.1. The van der Waals surface area contributed by atoms with Crippen molar-refractivity contribution in [2.24, 2.45) is 11.8 Å². The smallest absolute Gasteiger partial charge is 0.305 e. The summed E-state index contributed by atoms with van der Waals surface area (Å²) in [5.41, 5.74) is 1.61. The van der Waals surface area contributed by atoms with Gasteiger partial charge in [-0.25, -0.2) is 0 Å². The summed E-state index contributed by atoms with van der Waals surface area (Å²) in [5.74, 6) is 0.0116. The molecule has 3 aromatic rings. The second kappa shape index (κ2) is 16.5. The van der Waals surface area contributed by atoms with Crippen molar-refractivity contribution in [1.29, 1.82) is 0 Å². The van der Waals surface area contributed by atoms with E-state index in [2.05, 4.69) is 53.1 Å². The SMILES string of the molecule is COC(=O)CCCCN1C(=O)[C@@]2(O[C@@H](CCn3cc(CCO)nn3)[C@H]([Si](C)(C)c3ccc(OC)cc3)[C@H]2C)c2cc(NC(=O)C3CCCNC3)ccc21. The Morgan fingerprint density at radius 2 is 1.92 bits per heavy atom. The van der Waals surface area contributed by atoms with Gasteiger partial charge in [0.15, 0.2) is 5.60 Å². The Morgan fingerprint density at radius 3 is 2.62 bits per heavy atom. The number of aromatic nitrogens is 3. The number of rotatable bonds is 15. The number of amides is 2. The lowest BCUT2D eigenvalue weighted by atomic mass is 9.82. The molecule has 4 heterocycles. The zero-order valence-corrected chi connectivity index (χ0v) is 32.6. The number of fused-ring (bicyclic) bond motifs is 2. The van der Waals surface area contributed by atoms with Crippen molar-refractivity contribution in [2.45, 2.75) is 88.8 Å². The molecule has 1 spiro atoms. The number of piperidine rings is 1. The molecule has 53 heavy (non-hydrogen) atoms. The van der Waals surface area contributed by atoms with Crippen LogP contribution in [0, 0.1) is 11.8 Å². The van der Waals surface area contributed by atoms with Crippen molar-refractivity contribution in [1.82, 2.24) is 20.3 Å². The number of aliphatic hydroxyl groups is 1. The Labute approximate surface area is 312 Å². The van der Waals surface area contributed by atoms with Gasteiger partial charge >= 0.3 is 5.97 Å². The van der Waals surface area contributed by atoms with Gasteiger partial charge in [0.1, 0.15) is 5.75 Å². The number of carbonyl (C=O) groups is 3. The fraction of sp³-hybridized carbons (Fsp3) is 0.564. The van der Waals surface area contributed by atoms with Gasteiger partial charge in [0.25, 0.3) is 5.91 Å². The summed E-state index contributed by atoms with van der Waals surface area (Å²) in [6, 6.07) is 14.0. The summed E-state index contributed by atoms with van der Waals surface area (Å²) in [7, 11) is 0.653. The number of unbranched alkanes of at least 4 members (excludes halogenated alkanes) is 1. The van der Waals surface area contributed by atoms with E-state index in [1.165, 1.54) is 12.3 Å². The summed E-state index contributed by atoms with van der Waals surface area (Å²) in [6.07, 6.45) is 5.82. The number of hydrogen-bond acceptors (Lipinski definition) is 10. The number of ether oxygens (including phenoxy) is 3. The second-order valence-corrected chi connectivity index (χ2v) is 19.8. The fourth-order valence-electron chi connectivity index (χ4n) is 8.78. The molecule has 0 bridgehead atoms. The van der Waals surface area contributed by atoms with Crippen LogP contribution in [0.4, 0.5) is 11.4 Å². The summed E-state index contributed by atoms with van der Waals surface area (Å²) >= 11 is 0. The van der Waals surface area contributed by atoms with Gasteiger partial charge in [0.2, 0.25) is 5.91 Å². The van der Waals surface area contributed by atoms with Crippen LogP contribution in [-0.2, 0) is 42.4 Å². The lowest BCUT2D eigenvalue weighted by molar-refractivity contribution is -0.146. The summed E-state index contributed by atoms with van der Waals surface area (Å²) in [5, 5.41) is 25.7. The average molecular weight is 747 g/mol. The quantitative estimate of drug-likeness (QED) is 0.119. The monoisotopic (exact) mass is 746 g/mol. The molecule has 3 aliphatic heterocycles. The van der Waals surface area contributed by atoms with E-state index in [0.29, 0.717) is 51.0 Å². The molecule has 2 amide bonds. The predicted molar refractivity (Wildman–Crippen MR) is 204 cm³/mol. The van der Waals surface area contributed by atoms with Gasteiger partial charge in [-0.2, -0.15) is 0 Å². The molecule has 0 aliphatic carbocycles. The Bertz CT molecular complexity index is 1760. The number of nitrogens with zero attached hydrogens (tertiary/aromatic N) is 4. The predicted octanol–water partition coefficient (Wildman–Crippen LogP) is 3.76. The molecule has 6 rings (SSSR count). The molecule has 13 nitrogen and oxygen atoms in total. The molecule has 2 fully saturated rings. The number of hydrogen-bond donors (Lipinski definition) is 3. The molecule has 0 radical (unpaired) electrons. The van der Waals surface area contributed by atoms with E-state index in [0.717, 1.165) is 42.1 Å². The standard InChI is InChI=1S/C39H54N6O7Si/c1-26-36(53(4,5)31-14-12-30(50-2)13-15-31)34(17-21-44-25-29(18-22-46)42-43-44)52-39(26)32-23-28(41-37(48)27-9-8-19-40-24-27)11-16-33(32)45(38(39)49)20-7-6-10-35(47)51-3/h11-16,23,25-27,34,36,40,46H,6-10,17-22,24H2,1-5H3,(H,41,48)/t26-,27?,34+,36-,39+/m1/s1. The number of carbonyl (C=O) groups excluding carboxylic acids is 3. The van der Waals surface area contributed by atoms with Gasteiger partial charge in [0.05, 0.1) is 45.7 Å². The number of esters is 1. The lowest BCUT2D eigenvalue weighted by Gasteiger charge is -2.37.